The van der Waals surface area contributed by atoms with E-state index in [1.807, 2.05) is 0 Å². The maximum Gasteiger partial charge on any atom is 0.321 e. The molecule has 0 saturated carbocycles. The Hall–Kier alpha value is -3.23. The SMILES string of the molecule is CCCCCCNC(=O)NC(=O)c1ccc2c(c1)C(=O)N(C1CCC(=O)NC1=O)C2. The van der Waals surface area contributed by atoms with Crippen molar-refractivity contribution in [2.75, 3.05) is 6.54 Å². The quantitative estimate of drug-likeness (QED) is 0.460. The minimum Gasteiger partial charge on any atom is -0.338 e. The van der Waals surface area contributed by atoms with E-state index in [0.29, 0.717) is 17.7 Å². The third-order valence-electron chi connectivity index (χ3n) is 5.33. The number of benzene rings is 1. The summed E-state index contributed by atoms with van der Waals surface area (Å²) in [6.45, 7) is 2.83. The molecule has 1 atom stereocenters. The third kappa shape index (κ3) is 4.84. The number of carbonyl (C=O) groups is 5. The Morgan fingerprint density at radius 2 is 1.97 bits per heavy atom. The van der Waals surface area contributed by atoms with Gasteiger partial charge in [0.2, 0.25) is 11.8 Å². The molecule has 1 aromatic rings. The highest BCUT2D eigenvalue weighted by molar-refractivity contribution is 6.08. The number of hydrogen-bond acceptors (Lipinski definition) is 5. The summed E-state index contributed by atoms with van der Waals surface area (Å²) >= 11 is 0. The molecule has 9 nitrogen and oxygen atoms in total. The Balaban J connectivity index is 1.59. The highest BCUT2D eigenvalue weighted by Gasteiger charge is 2.39. The van der Waals surface area contributed by atoms with Gasteiger partial charge in [0.05, 0.1) is 0 Å². The minimum atomic E-state index is -0.710. The summed E-state index contributed by atoms with van der Waals surface area (Å²) in [5.41, 5.74) is 1.21. The highest BCUT2D eigenvalue weighted by atomic mass is 16.2. The van der Waals surface area contributed by atoms with E-state index in [2.05, 4.69) is 22.9 Å². The molecule has 9 heteroatoms. The van der Waals surface area contributed by atoms with Crippen LogP contribution in [0.3, 0.4) is 0 Å². The summed E-state index contributed by atoms with van der Waals surface area (Å²) < 4.78 is 0. The molecule has 6 amide bonds. The molecule has 3 N–H and O–H groups in total. The van der Waals surface area contributed by atoms with Crippen LogP contribution >= 0.6 is 0 Å². The second-order valence-electron chi connectivity index (χ2n) is 7.54. The average molecular weight is 414 g/mol. The van der Waals surface area contributed by atoms with Crippen molar-refractivity contribution >= 4 is 29.7 Å². The van der Waals surface area contributed by atoms with E-state index in [9.17, 15) is 24.0 Å². The van der Waals surface area contributed by atoms with Crippen molar-refractivity contribution in [2.24, 2.45) is 0 Å². The molecule has 1 saturated heterocycles. The van der Waals surface area contributed by atoms with Crippen LogP contribution in [0, 0.1) is 0 Å². The van der Waals surface area contributed by atoms with E-state index in [1.165, 1.54) is 11.0 Å². The molecule has 1 unspecified atom stereocenters. The van der Waals surface area contributed by atoms with Crippen molar-refractivity contribution in [1.82, 2.24) is 20.9 Å². The fourth-order valence-electron chi connectivity index (χ4n) is 3.67. The monoisotopic (exact) mass is 414 g/mol. The molecule has 160 valence electrons. The summed E-state index contributed by atoms with van der Waals surface area (Å²) in [6.07, 6.45) is 4.51. The van der Waals surface area contributed by atoms with Crippen molar-refractivity contribution in [1.29, 1.82) is 0 Å². The first-order valence-electron chi connectivity index (χ1n) is 10.3. The lowest BCUT2D eigenvalue weighted by Gasteiger charge is -2.29. The van der Waals surface area contributed by atoms with Gasteiger partial charge in [-0.25, -0.2) is 4.79 Å². The predicted octanol–water partition coefficient (Wildman–Crippen LogP) is 1.47. The molecule has 2 aliphatic heterocycles. The van der Waals surface area contributed by atoms with Crippen molar-refractivity contribution in [3.63, 3.8) is 0 Å². The van der Waals surface area contributed by atoms with Crippen molar-refractivity contribution in [2.45, 2.75) is 58.0 Å². The van der Waals surface area contributed by atoms with Crippen LogP contribution in [-0.4, -0.2) is 47.1 Å². The van der Waals surface area contributed by atoms with Crippen molar-refractivity contribution < 1.29 is 24.0 Å². The standard InChI is InChI=1S/C21H26N4O5/c1-2-3-4-5-10-22-21(30)24-18(27)13-6-7-14-12-25(20(29)15(14)11-13)16-8-9-17(26)23-19(16)28/h6-7,11,16H,2-5,8-10,12H2,1H3,(H,23,26,28)(H2,22,24,27,30). The highest BCUT2D eigenvalue weighted by Crippen LogP contribution is 2.28. The second kappa shape index (κ2) is 9.51. The van der Waals surface area contributed by atoms with Gasteiger partial charge in [-0.2, -0.15) is 0 Å². The van der Waals surface area contributed by atoms with Crippen LogP contribution in [0.1, 0.15) is 71.7 Å². The van der Waals surface area contributed by atoms with Gasteiger partial charge >= 0.3 is 6.03 Å². The van der Waals surface area contributed by atoms with Gasteiger partial charge in [0.15, 0.2) is 0 Å². The lowest BCUT2D eigenvalue weighted by molar-refractivity contribution is -0.136. The Kier molecular flexibility index (Phi) is 6.81. The molecule has 3 rings (SSSR count). The number of nitrogens with one attached hydrogen (secondary N) is 3. The van der Waals surface area contributed by atoms with Crippen LogP contribution < -0.4 is 16.0 Å². The molecular weight excluding hydrogens is 388 g/mol. The fraction of sp³-hybridized carbons (Fsp3) is 0.476. The summed E-state index contributed by atoms with van der Waals surface area (Å²) in [7, 11) is 0. The van der Waals surface area contributed by atoms with E-state index >= 15 is 0 Å². The number of piperidine rings is 1. The van der Waals surface area contributed by atoms with Crippen LogP contribution in [0.25, 0.3) is 0 Å². The molecule has 2 aliphatic rings. The van der Waals surface area contributed by atoms with Gasteiger partial charge in [0, 0.05) is 30.6 Å². The van der Waals surface area contributed by atoms with Crippen LogP contribution in [0.15, 0.2) is 18.2 Å². The zero-order valence-corrected chi connectivity index (χ0v) is 17.0. The number of unbranched alkanes of at least 4 members (excludes halogenated alkanes) is 3. The number of hydrogen-bond donors (Lipinski definition) is 3. The Bertz CT molecular complexity index is 882. The Morgan fingerprint density at radius 3 is 2.70 bits per heavy atom. The third-order valence-corrected chi connectivity index (χ3v) is 5.33. The number of amides is 6. The summed E-state index contributed by atoms with van der Waals surface area (Å²) in [6, 6.07) is 3.35. The first-order chi connectivity index (χ1) is 14.4. The molecule has 2 heterocycles. The van der Waals surface area contributed by atoms with E-state index in [4.69, 9.17) is 0 Å². The molecule has 0 aromatic heterocycles. The van der Waals surface area contributed by atoms with Crippen molar-refractivity contribution in [3.8, 4) is 0 Å². The molecule has 0 spiro atoms. The van der Waals surface area contributed by atoms with Gasteiger partial charge in [-0.3, -0.25) is 29.8 Å². The molecular formula is C21H26N4O5. The summed E-state index contributed by atoms with van der Waals surface area (Å²) in [5, 5.41) is 7.16. The van der Waals surface area contributed by atoms with Crippen LogP contribution in [0.5, 0.6) is 0 Å². The Labute approximate surface area is 174 Å². The van der Waals surface area contributed by atoms with Gasteiger partial charge < -0.3 is 10.2 Å². The van der Waals surface area contributed by atoms with Gasteiger partial charge in [-0.15, -0.1) is 0 Å². The predicted molar refractivity (Wildman–Crippen MR) is 107 cm³/mol. The second-order valence-corrected chi connectivity index (χ2v) is 7.54. The number of imide groups is 2. The van der Waals surface area contributed by atoms with Gasteiger partial charge in [-0.05, 0) is 30.5 Å². The lowest BCUT2D eigenvalue weighted by atomic mass is 10.0. The largest absolute Gasteiger partial charge is 0.338 e. The normalized spacial score (nSPS) is 18.1. The first kappa shape index (κ1) is 21.5. The number of nitrogens with zero attached hydrogens (tertiary/aromatic N) is 1. The molecule has 0 bridgehead atoms. The lowest BCUT2D eigenvalue weighted by Crippen LogP contribution is -2.52. The van der Waals surface area contributed by atoms with E-state index < -0.39 is 23.9 Å². The first-order valence-corrected chi connectivity index (χ1v) is 10.3. The number of carbonyl (C=O) groups excluding carboxylic acids is 5. The zero-order valence-electron chi connectivity index (χ0n) is 17.0. The average Bonchev–Trinajstić information content (AvgIpc) is 3.03. The maximum absolute atomic E-state index is 12.8. The number of rotatable bonds is 7. The van der Waals surface area contributed by atoms with Gasteiger partial charge in [0.25, 0.3) is 11.8 Å². The van der Waals surface area contributed by atoms with Crippen molar-refractivity contribution in [3.05, 3.63) is 34.9 Å². The topological polar surface area (TPSA) is 125 Å². The van der Waals surface area contributed by atoms with E-state index in [0.717, 1.165) is 25.7 Å². The molecule has 1 fully saturated rings. The molecule has 1 aromatic carbocycles. The summed E-state index contributed by atoms with van der Waals surface area (Å²) in [4.78, 5) is 61.9. The van der Waals surface area contributed by atoms with Gasteiger partial charge in [0.1, 0.15) is 6.04 Å². The number of fused-ring (bicyclic) bond motifs is 1. The van der Waals surface area contributed by atoms with Crippen LogP contribution in [0.4, 0.5) is 4.79 Å². The van der Waals surface area contributed by atoms with Crippen LogP contribution in [0.2, 0.25) is 0 Å². The number of urea groups is 1. The minimum absolute atomic E-state index is 0.178. The van der Waals surface area contributed by atoms with E-state index in [-0.39, 0.29) is 36.8 Å². The fourth-order valence-corrected chi connectivity index (χ4v) is 3.67. The molecule has 0 radical (unpaired) electrons. The summed E-state index contributed by atoms with van der Waals surface area (Å²) in [5.74, 6) is -1.80. The smallest absolute Gasteiger partial charge is 0.321 e. The Morgan fingerprint density at radius 1 is 1.17 bits per heavy atom. The zero-order chi connectivity index (χ0) is 21.7. The van der Waals surface area contributed by atoms with Gasteiger partial charge in [-0.1, -0.05) is 32.3 Å². The molecule has 30 heavy (non-hydrogen) atoms. The van der Waals surface area contributed by atoms with Crippen LogP contribution in [-0.2, 0) is 16.1 Å². The maximum atomic E-state index is 12.8. The molecule has 0 aliphatic carbocycles. The van der Waals surface area contributed by atoms with E-state index in [1.54, 1.807) is 12.1 Å².